The standard InChI is InChI=1S/C36H40ClN5O4/c1-24-28(4-3-5-30(24)41-35(44)31-9-6-25(20-40-31)19-38-14-15-43)29-10-13-39-34(33(29)37)26-7-8-27(32(18-26)45-2)21-42-22-36(23-42)11-16-46-17-12-36/h3-10,13,18,20,38,43H,11-12,14-17,19,21-23H2,1-2H3,(H,41,44). The highest BCUT2D eigenvalue weighted by molar-refractivity contribution is 6.35. The third-order valence-corrected chi connectivity index (χ3v) is 9.45. The topological polar surface area (TPSA) is 109 Å². The van der Waals surface area contributed by atoms with E-state index in [0.717, 1.165) is 84.8 Å². The fraction of sp³-hybridized carbons (Fsp3) is 0.361. The molecular weight excluding hydrogens is 602 g/mol. The first kappa shape index (κ1) is 32.1. The number of rotatable bonds is 11. The van der Waals surface area contributed by atoms with Gasteiger partial charge in [0.25, 0.3) is 5.91 Å². The van der Waals surface area contributed by atoms with E-state index in [2.05, 4.69) is 37.6 Å². The number of nitrogens with one attached hydrogen (secondary N) is 2. The summed E-state index contributed by atoms with van der Waals surface area (Å²) in [6.45, 7) is 7.87. The molecule has 0 atom stereocenters. The number of nitrogens with zero attached hydrogens (tertiary/aromatic N) is 3. The van der Waals surface area contributed by atoms with Gasteiger partial charge in [0, 0.05) is 86.1 Å². The van der Waals surface area contributed by atoms with Gasteiger partial charge in [0.05, 0.1) is 24.4 Å². The molecule has 0 aliphatic carbocycles. The van der Waals surface area contributed by atoms with E-state index in [4.69, 9.17) is 26.2 Å². The van der Waals surface area contributed by atoms with Crippen molar-refractivity contribution < 1.29 is 19.4 Å². The van der Waals surface area contributed by atoms with Crippen LogP contribution in [0.1, 0.15) is 40.0 Å². The fourth-order valence-electron chi connectivity index (χ4n) is 6.48. The van der Waals surface area contributed by atoms with Crippen molar-refractivity contribution in [2.75, 3.05) is 51.9 Å². The minimum atomic E-state index is -0.301. The molecule has 1 spiro atoms. The highest BCUT2D eigenvalue weighted by Crippen LogP contribution is 2.42. The number of aliphatic hydroxyl groups excluding tert-OH is 1. The zero-order chi connectivity index (χ0) is 32.1. The Balaban J connectivity index is 1.18. The lowest BCUT2D eigenvalue weighted by Crippen LogP contribution is -2.57. The fourth-order valence-corrected chi connectivity index (χ4v) is 6.80. The summed E-state index contributed by atoms with van der Waals surface area (Å²) in [6, 6.07) is 17.4. The van der Waals surface area contributed by atoms with Gasteiger partial charge in [-0.3, -0.25) is 19.7 Å². The van der Waals surface area contributed by atoms with Gasteiger partial charge in [-0.25, -0.2) is 0 Å². The van der Waals surface area contributed by atoms with Crippen LogP contribution in [0.4, 0.5) is 5.69 Å². The van der Waals surface area contributed by atoms with E-state index < -0.39 is 0 Å². The summed E-state index contributed by atoms with van der Waals surface area (Å²) in [5, 5.41) is 15.6. The van der Waals surface area contributed by atoms with Crippen molar-refractivity contribution in [1.29, 1.82) is 0 Å². The molecular formula is C36H40ClN5O4. The van der Waals surface area contributed by atoms with E-state index >= 15 is 0 Å². The maximum absolute atomic E-state index is 13.1. The molecule has 4 heterocycles. The highest BCUT2D eigenvalue weighted by atomic mass is 35.5. The smallest absolute Gasteiger partial charge is 0.274 e. The maximum atomic E-state index is 13.1. The Morgan fingerprint density at radius 3 is 2.65 bits per heavy atom. The molecule has 2 aliphatic heterocycles. The Morgan fingerprint density at radius 1 is 1.09 bits per heavy atom. The number of hydrogen-bond donors (Lipinski definition) is 3. The van der Waals surface area contributed by atoms with Crippen molar-refractivity contribution in [3.05, 3.63) is 94.4 Å². The van der Waals surface area contributed by atoms with Crippen LogP contribution in [0, 0.1) is 12.3 Å². The summed E-state index contributed by atoms with van der Waals surface area (Å²) in [5.74, 6) is 0.516. The molecule has 0 saturated carbocycles. The molecule has 10 heteroatoms. The van der Waals surface area contributed by atoms with Crippen LogP contribution in [0.25, 0.3) is 22.4 Å². The normalized spacial score (nSPS) is 15.8. The lowest BCUT2D eigenvalue weighted by molar-refractivity contribution is -0.0840. The molecule has 2 fully saturated rings. The molecule has 3 N–H and O–H groups in total. The van der Waals surface area contributed by atoms with E-state index in [0.29, 0.717) is 40.6 Å². The third kappa shape index (κ3) is 6.94. The predicted octanol–water partition coefficient (Wildman–Crippen LogP) is 5.73. The van der Waals surface area contributed by atoms with Crippen molar-refractivity contribution in [3.63, 3.8) is 0 Å². The van der Waals surface area contributed by atoms with Gasteiger partial charge in [-0.2, -0.15) is 0 Å². The number of carbonyl (C=O) groups is 1. The molecule has 46 heavy (non-hydrogen) atoms. The van der Waals surface area contributed by atoms with E-state index in [1.54, 1.807) is 25.6 Å². The number of pyridine rings is 2. The molecule has 4 aromatic rings. The number of aromatic nitrogens is 2. The highest BCUT2D eigenvalue weighted by Gasteiger charge is 2.43. The molecule has 2 aromatic heterocycles. The summed E-state index contributed by atoms with van der Waals surface area (Å²) in [5.41, 5.74) is 7.62. The first-order valence-corrected chi connectivity index (χ1v) is 16.1. The van der Waals surface area contributed by atoms with Crippen LogP contribution in [0.5, 0.6) is 5.75 Å². The molecule has 1 amide bonds. The predicted molar refractivity (Wildman–Crippen MR) is 180 cm³/mol. The number of aliphatic hydroxyl groups is 1. The van der Waals surface area contributed by atoms with E-state index in [1.807, 2.05) is 43.3 Å². The van der Waals surface area contributed by atoms with Crippen LogP contribution < -0.4 is 15.4 Å². The Bertz CT molecular complexity index is 1680. The monoisotopic (exact) mass is 641 g/mol. The van der Waals surface area contributed by atoms with Gasteiger partial charge in [0.2, 0.25) is 0 Å². The molecule has 2 aliphatic rings. The van der Waals surface area contributed by atoms with Crippen LogP contribution >= 0.6 is 11.6 Å². The second kappa shape index (κ2) is 14.3. The molecule has 2 aromatic carbocycles. The first-order chi connectivity index (χ1) is 22.4. The SMILES string of the molecule is COc1cc(-c2nccc(-c3cccc(NC(=O)c4ccc(CNCCO)cn4)c3C)c2Cl)ccc1CN1CC2(CCOCC2)C1. The van der Waals surface area contributed by atoms with Crippen LogP contribution in [0.2, 0.25) is 5.02 Å². The lowest BCUT2D eigenvalue weighted by atomic mass is 9.73. The first-order valence-electron chi connectivity index (χ1n) is 15.7. The van der Waals surface area contributed by atoms with Crippen LogP contribution in [0.3, 0.4) is 0 Å². The summed E-state index contributed by atoms with van der Waals surface area (Å²) >= 11 is 7.06. The van der Waals surface area contributed by atoms with Gasteiger partial charge in [-0.15, -0.1) is 0 Å². The van der Waals surface area contributed by atoms with Crippen molar-refractivity contribution >= 4 is 23.2 Å². The number of benzene rings is 2. The van der Waals surface area contributed by atoms with Gasteiger partial charge in [0.15, 0.2) is 0 Å². The van der Waals surface area contributed by atoms with Gasteiger partial charge in [-0.05, 0) is 60.7 Å². The molecule has 240 valence electrons. The zero-order valence-corrected chi connectivity index (χ0v) is 27.1. The zero-order valence-electron chi connectivity index (χ0n) is 26.3. The number of likely N-dealkylation sites (tertiary alicyclic amines) is 1. The number of methoxy groups -OCH3 is 1. The molecule has 0 bridgehead atoms. The average molecular weight is 642 g/mol. The van der Waals surface area contributed by atoms with Crippen LogP contribution in [0.15, 0.2) is 67.0 Å². The Morgan fingerprint density at radius 2 is 1.91 bits per heavy atom. The average Bonchev–Trinajstić information content (AvgIpc) is 3.06. The van der Waals surface area contributed by atoms with E-state index in [-0.39, 0.29) is 12.5 Å². The van der Waals surface area contributed by atoms with Gasteiger partial charge in [-0.1, -0.05) is 41.9 Å². The maximum Gasteiger partial charge on any atom is 0.274 e. The quantitative estimate of drug-likeness (QED) is 0.178. The number of anilines is 1. The summed E-state index contributed by atoms with van der Waals surface area (Å²) in [4.78, 5) is 24.5. The molecule has 2 saturated heterocycles. The van der Waals surface area contributed by atoms with Crippen molar-refractivity contribution in [2.24, 2.45) is 5.41 Å². The van der Waals surface area contributed by atoms with Gasteiger partial charge < -0.3 is 25.2 Å². The lowest BCUT2D eigenvalue weighted by Gasteiger charge is -2.52. The summed E-state index contributed by atoms with van der Waals surface area (Å²) in [6.07, 6.45) is 5.71. The minimum absolute atomic E-state index is 0.0663. The summed E-state index contributed by atoms with van der Waals surface area (Å²) in [7, 11) is 1.70. The number of halogens is 1. The van der Waals surface area contributed by atoms with Gasteiger partial charge in [0.1, 0.15) is 11.4 Å². The van der Waals surface area contributed by atoms with Crippen molar-refractivity contribution in [2.45, 2.75) is 32.9 Å². The minimum Gasteiger partial charge on any atom is -0.496 e. The number of carbonyl (C=O) groups excluding carboxylic acids is 1. The van der Waals surface area contributed by atoms with Crippen molar-refractivity contribution in [1.82, 2.24) is 20.2 Å². The van der Waals surface area contributed by atoms with Crippen LogP contribution in [-0.2, 0) is 17.8 Å². The second-order valence-corrected chi connectivity index (χ2v) is 12.6. The van der Waals surface area contributed by atoms with Gasteiger partial charge >= 0.3 is 0 Å². The number of ether oxygens (including phenoxy) is 2. The Hall–Kier alpha value is -3.86. The Labute approximate surface area is 274 Å². The third-order valence-electron chi connectivity index (χ3n) is 9.06. The largest absolute Gasteiger partial charge is 0.496 e. The second-order valence-electron chi connectivity index (χ2n) is 12.2. The van der Waals surface area contributed by atoms with Crippen molar-refractivity contribution in [3.8, 4) is 28.1 Å². The van der Waals surface area contributed by atoms with E-state index in [9.17, 15) is 4.79 Å². The Kier molecular flexibility index (Phi) is 9.96. The summed E-state index contributed by atoms with van der Waals surface area (Å²) < 4.78 is 11.4. The van der Waals surface area contributed by atoms with E-state index in [1.165, 1.54) is 0 Å². The molecule has 6 rings (SSSR count). The number of hydrogen-bond acceptors (Lipinski definition) is 8. The molecule has 9 nitrogen and oxygen atoms in total. The molecule has 0 radical (unpaired) electrons. The molecule has 0 unspecified atom stereocenters. The van der Waals surface area contributed by atoms with Crippen LogP contribution in [-0.4, -0.2) is 72.4 Å². The number of amides is 1.